The van der Waals surface area contributed by atoms with E-state index in [9.17, 15) is 22.0 Å². The molecule has 27 heavy (non-hydrogen) atoms. The summed E-state index contributed by atoms with van der Waals surface area (Å²) in [6.45, 7) is -0.282. The lowest BCUT2D eigenvalue weighted by molar-refractivity contribution is -0.137. The number of hydrogen-bond donors (Lipinski definition) is 2. The van der Waals surface area contributed by atoms with Crippen molar-refractivity contribution < 1.29 is 22.0 Å². The van der Waals surface area contributed by atoms with E-state index < -0.39 is 23.4 Å². The molecule has 3 aromatic rings. The Kier molecular flexibility index (Phi) is 5.85. The highest BCUT2D eigenvalue weighted by atomic mass is 32.2. The Hall–Kier alpha value is -2.33. The van der Waals surface area contributed by atoms with Gasteiger partial charge in [0.1, 0.15) is 17.5 Å². The summed E-state index contributed by atoms with van der Waals surface area (Å²) in [7, 11) is 0. The van der Waals surface area contributed by atoms with Crippen molar-refractivity contribution in [1.29, 1.82) is 0 Å². The lowest BCUT2D eigenvalue weighted by Gasteiger charge is -2.16. The van der Waals surface area contributed by atoms with E-state index in [4.69, 9.17) is 0 Å². The van der Waals surface area contributed by atoms with Gasteiger partial charge in [-0.3, -0.25) is 0 Å². The molecular weight excluding hydrogens is 405 g/mol. The first-order chi connectivity index (χ1) is 12.8. The van der Waals surface area contributed by atoms with Gasteiger partial charge >= 0.3 is 6.18 Å². The number of alkyl halides is 3. The molecule has 0 aliphatic rings. The molecule has 0 unspecified atom stereocenters. The number of thiazole rings is 1. The Morgan fingerprint density at radius 3 is 2.59 bits per heavy atom. The molecule has 2 aromatic carbocycles. The quantitative estimate of drug-likeness (QED) is 0.371. The molecule has 0 saturated heterocycles. The summed E-state index contributed by atoms with van der Waals surface area (Å²) in [6, 6.07) is 6.54. The Balaban J connectivity index is 1.78. The molecule has 0 spiro atoms. The number of halogens is 5. The van der Waals surface area contributed by atoms with Crippen LogP contribution < -0.4 is 10.0 Å². The average molecular weight is 417 g/mol. The molecule has 0 radical (unpaired) electrons. The summed E-state index contributed by atoms with van der Waals surface area (Å²) in [4.78, 5) is 4.32. The predicted molar refractivity (Wildman–Crippen MR) is 96.7 cm³/mol. The van der Waals surface area contributed by atoms with Crippen molar-refractivity contribution in [3.63, 3.8) is 0 Å². The first kappa shape index (κ1) is 19.4. The Morgan fingerprint density at radius 1 is 1.07 bits per heavy atom. The zero-order valence-corrected chi connectivity index (χ0v) is 15.1. The third-order valence-electron chi connectivity index (χ3n) is 3.48. The van der Waals surface area contributed by atoms with Crippen LogP contribution in [-0.4, -0.2) is 4.98 Å². The van der Waals surface area contributed by atoms with Crippen LogP contribution in [0, 0.1) is 11.6 Å². The summed E-state index contributed by atoms with van der Waals surface area (Å²) in [5.74, 6) is -0.816. The SMILES string of the molecule is Fc1ccc(F)c(CNc2ccc(SNc3cscn3)cc2C(F)(F)F)c1. The molecule has 0 amide bonds. The van der Waals surface area contributed by atoms with E-state index in [0.717, 1.165) is 36.2 Å². The van der Waals surface area contributed by atoms with E-state index in [-0.39, 0.29) is 17.8 Å². The molecule has 0 saturated carbocycles. The standard InChI is InChI=1S/C17H12F5N3S2/c18-11-1-3-14(19)10(5-11)7-23-15-4-2-12(6-13(15)17(20,21)22)27-25-16-8-26-9-24-16/h1-6,8-9,23,25H,7H2. The Bertz CT molecular complexity index is 913. The normalized spacial score (nSPS) is 11.4. The minimum Gasteiger partial charge on any atom is -0.380 e. The molecular formula is C17H12F5N3S2. The molecule has 0 bridgehead atoms. The fourth-order valence-corrected chi connectivity index (χ4v) is 3.42. The maximum Gasteiger partial charge on any atom is 0.418 e. The highest BCUT2D eigenvalue weighted by Gasteiger charge is 2.34. The van der Waals surface area contributed by atoms with E-state index in [0.29, 0.717) is 10.7 Å². The fraction of sp³-hybridized carbons (Fsp3) is 0.118. The van der Waals surface area contributed by atoms with Gasteiger partial charge in [0.25, 0.3) is 0 Å². The molecule has 1 aromatic heterocycles. The van der Waals surface area contributed by atoms with Gasteiger partial charge < -0.3 is 10.0 Å². The number of benzene rings is 2. The van der Waals surface area contributed by atoms with Crippen molar-refractivity contribution in [2.75, 3.05) is 10.0 Å². The minimum absolute atomic E-state index is 0.0632. The van der Waals surface area contributed by atoms with Crippen molar-refractivity contribution in [3.05, 3.63) is 70.1 Å². The van der Waals surface area contributed by atoms with Crippen LogP contribution in [0.25, 0.3) is 0 Å². The zero-order valence-electron chi connectivity index (χ0n) is 13.5. The van der Waals surface area contributed by atoms with Gasteiger partial charge in [-0.1, -0.05) is 0 Å². The second-order valence-corrected chi connectivity index (χ2v) is 6.97. The van der Waals surface area contributed by atoms with Gasteiger partial charge in [0.05, 0.1) is 11.1 Å². The number of hydrogen-bond acceptors (Lipinski definition) is 5. The van der Waals surface area contributed by atoms with Gasteiger partial charge in [0.2, 0.25) is 0 Å². The molecule has 3 nitrogen and oxygen atoms in total. The number of rotatable bonds is 6. The van der Waals surface area contributed by atoms with Crippen molar-refractivity contribution in [2.24, 2.45) is 0 Å². The predicted octanol–water partition coefficient (Wildman–Crippen LogP) is 6.17. The minimum atomic E-state index is -4.61. The molecule has 0 atom stereocenters. The summed E-state index contributed by atoms with van der Waals surface area (Å²) in [5, 5.41) is 4.26. The molecule has 0 fully saturated rings. The lowest BCUT2D eigenvalue weighted by atomic mass is 10.1. The molecule has 1 heterocycles. The van der Waals surface area contributed by atoms with Crippen LogP contribution in [0.5, 0.6) is 0 Å². The van der Waals surface area contributed by atoms with Crippen LogP contribution in [0.4, 0.5) is 33.5 Å². The van der Waals surface area contributed by atoms with E-state index in [1.54, 1.807) is 10.9 Å². The summed E-state index contributed by atoms with van der Waals surface area (Å²) >= 11 is 2.35. The number of aromatic nitrogens is 1. The van der Waals surface area contributed by atoms with Crippen LogP contribution >= 0.6 is 23.3 Å². The molecule has 0 aliphatic heterocycles. The highest BCUT2D eigenvalue weighted by Crippen LogP contribution is 2.37. The molecule has 0 aliphatic carbocycles. The second kappa shape index (κ2) is 8.13. The fourth-order valence-electron chi connectivity index (χ4n) is 2.22. The van der Waals surface area contributed by atoms with E-state index in [1.807, 2.05) is 0 Å². The topological polar surface area (TPSA) is 37.0 Å². The van der Waals surface area contributed by atoms with Gasteiger partial charge in [-0.2, -0.15) is 13.2 Å². The van der Waals surface area contributed by atoms with Crippen LogP contribution in [0.15, 0.2) is 52.2 Å². The molecule has 2 N–H and O–H groups in total. The molecule has 10 heteroatoms. The molecule has 142 valence electrons. The maximum atomic E-state index is 13.7. The first-order valence-corrected chi connectivity index (χ1v) is 9.29. The largest absolute Gasteiger partial charge is 0.418 e. The number of nitrogens with one attached hydrogen (secondary N) is 2. The van der Waals surface area contributed by atoms with Crippen molar-refractivity contribution >= 4 is 34.8 Å². The molecule has 3 rings (SSSR count). The van der Waals surface area contributed by atoms with Gasteiger partial charge in [0.15, 0.2) is 0 Å². The van der Waals surface area contributed by atoms with Crippen molar-refractivity contribution in [2.45, 2.75) is 17.6 Å². The smallest absolute Gasteiger partial charge is 0.380 e. The lowest BCUT2D eigenvalue weighted by Crippen LogP contribution is -2.12. The number of anilines is 2. The number of nitrogens with zero attached hydrogens (tertiary/aromatic N) is 1. The van der Waals surface area contributed by atoms with Gasteiger partial charge in [-0.15, -0.1) is 11.3 Å². The third kappa shape index (κ3) is 5.10. The Morgan fingerprint density at radius 2 is 1.89 bits per heavy atom. The summed E-state index contributed by atoms with van der Waals surface area (Å²) in [6.07, 6.45) is -4.61. The Labute approximate surface area is 159 Å². The van der Waals surface area contributed by atoms with Gasteiger partial charge in [0, 0.05) is 28.1 Å². The summed E-state index contributed by atoms with van der Waals surface area (Å²) < 4.78 is 69.9. The van der Waals surface area contributed by atoms with Gasteiger partial charge in [-0.05, 0) is 48.3 Å². The third-order valence-corrected chi connectivity index (χ3v) is 4.87. The van der Waals surface area contributed by atoms with Crippen LogP contribution in [0.2, 0.25) is 0 Å². The van der Waals surface area contributed by atoms with Crippen LogP contribution in [0.1, 0.15) is 11.1 Å². The maximum absolute atomic E-state index is 13.7. The van der Waals surface area contributed by atoms with Crippen LogP contribution in [-0.2, 0) is 12.7 Å². The van der Waals surface area contributed by atoms with E-state index in [2.05, 4.69) is 15.0 Å². The van der Waals surface area contributed by atoms with Crippen LogP contribution in [0.3, 0.4) is 0 Å². The second-order valence-electron chi connectivity index (χ2n) is 5.37. The van der Waals surface area contributed by atoms with E-state index in [1.165, 1.54) is 23.5 Å². The highest BCUT2D eigenvalue weighted by molar-refractivity contribution is 8.00. The first-order valence-electron chi connectivity index (χ1n) is 7.53. The van der Waals surface area contributed by atoms with Crippen molar-refractivity contribution in [3.8, 4) is 0 Å². The van der Waals surface area contributed by atoms with Crippen molar-refractivity contribution in [1.82, 2.24) is 4.98 Å². The van der Waals surface area contributed by atoms with Gasteiger partial charge in [-0.25, -0.2) is 13.8 Å². The monoisotopic (exact) mass is 417 g/mol. The summed E-state index contributed by atoms with van der Waals surface area (Å²) in [5.41, 5.74) is 0.420. The van der Waals surface area contributed by atoms with E-state index >= 15 is 0 Å². The zero-order chi connectivity index (χ0) is 19.4. The average Bonchev–Trinajstić information content (AvgIpc) is 3.14.